The minimum atomic E-state index is -0.862. The molecule has 0 saturated heterocycles. The van der Waals surface area contributed by atoms with E-state index in [0.29, 0.717) is 31.1 Å². The van der Waals surface area contributed by atoms with E-state index < -0.39 is 5.97 Å². The van der Waals surface area contributed by atoms with Gasteiger partial charge in [-0.15, -0.1) is 5.10 Å². The summed E-state index contributed by atoms with van der Waals surface area (Å²) in [7, 11) is 0. The fourth-order valence-corrected chi connectivity index (χ4v) is 5.94. The summed E-state index contributed by atoms with van der Waals surface area (Å²) in [6.45, 7) is 4.44. The van der Waals surface area contributed by atoms with E-state index in [1.165, 1.54) is 5.56 Å². The summed E-state index contributed by atoms with van der Waals surface area (Å²) >= 11 is 0. The molecule has 0 saturated carbocycles. The number of carbonyl (C=O) groups excluding carboxylic acids is 1. The molecule has 40 heavy (non-hydrogen) atoms. The van der Waals surface area contributed by atoms with E-state index in [1.54, 1.807) is 12.3 Å². The molecule has 2 aromatic heterocycles. The standard InChI is InChI=1S/C31H33N5O4/c1-20-25-9-11-28-30(20)33-34-36(28)13-4-2-3-5-15-40-24-8-10-27(32-18-24)31(39)35-14-12-21-6-7-22(16-23(21)19-35)26(25)17-29(37)38/h6-11,16,18,26H,2-5,12-15,17,19H2,1H3,(H,37,38). The van der Waals surface area contributed by atoms with Crippen molar-refractivity contribution in [2.45, 2.75) is 64.5 Å². The Balaban J connectivity index is 1.39. The van der Waals surface area contributed by atoms with E-state index in [-0.39, 0.29) is 18.2 Å². The summed E-state index contributed by atoms with van der Waals surface area (Å²) in [5.41, 5.74) is 7.20. The van der Waals surface area contributed by atoms with Gasteiger partial charge in [-0.25, -0.2) is 9.67 Å². The van der Waals surface area contributed by atoms with Gasteiger partial charge in [-0.3, -0.25) is 9.59 Å². The molecule has 0 fully saturated rings. The number of hydrogen-bond donors (Lipinski definition) is 1. The number of aliphatic carboxylic acids is 1. The van der Waals surface area contributed by atoms with Crippen molar-refractivity contribution in [2.24, 2.45) is 0 Å². The van der Waals surface area contributed by atoms with Gasteiger partial charge in [0, 0.05) is 25.6 Å². The second kappa shape index (κ2) is 11.1. The van der Waals surface area contributed by atoms with Crippen LogP contribution in [0, 0.1) is 6.92 Å². The molecule has 5 aliphatic heterocycles. The zero-order valence-corrected chi connectivity index (χ0v) is 22.7. The van der Waals surface area contributed by atoms with E-state index >= 15 is 0 Å². The van der Waals surface area contributed by atoms with E-state index in [1.807, 2.05) is 40.8 Å². The minimum Gasteiger partial charge on any atom is -0.492 e. The van der Waals surface area contributed by atoms with Gasteiger partial charge in [0.25, 0.3) is 5.91 Å². The zero-order chi connectivity index (χ0) is 27.6. The Kier molecular flexibility index (Phi) is 7.19. The average molecular weight is 540 g/mol. The zero-order valence-electron chi connectivity index (χ0n) is 22.7. The van der Waals surface area contributed by atoms with Crippen LogP contribution in [-0.2, 0) is 24.3 Å². The van der Waals surface area contributed by atoms with Crippen LogP contribution in [-0.4, -0.2) is 55.0 Å². The molecule has 1 unspecified atom stereocenters. The van der Waals surface area contributed by atoms with Crippen molar-refractivity contribution in [1.29, 1.82) is 0 Å². The summed E-state index contributed by atoms with van der Waals surface area (Å²) in [5, 5.41) is 18.8. The number of aromatic nitrogens is 4. The molecule has 1 amide bonds. The van der Waals surface area contributed by atoms with Gasteiger partial charge in [-0.1, -0.05) is 35.9 Å². The smallest absolute Gasteiger partial charge is 0.304 e. The molecule has 9 heteroatoms. The second-order valence-corrected chi connectivity index (χ2v) is 10.8. The van der Waals surface area contributed by atoms with Crippen molar-refractivity contribution in [3.8, 4) is 5.75 Å². The van der Waals surface area contributed by atoms with Crippen molar-refractivity contribution in [1.82, 2.24) is 24.9 Å². The van der Waals surface area contributed by atoms with Crippen LogP contribution in [0.15, 0.2) is 48.7 Å². The lowest BCUT2D eigenvalue weighted by atomic mass is 9.83. The second-order valence-electron chi connectivity index (χ2n) is 10.8. The molecule has 9 nitrogen and oxygen atoms in total. The molecule has 0 spiro atoms. The van der Waals surface area contributed by atoms with Crippen LogP contribution in [0.25, 0.3) is 11.0 Å². The fourth-order valence-electron chi connectivity index (χ4n) is 5.94. The van der Waals surface area contributed by atoms with E-state index in [0.717, 1.165) is 71.9 Å². The molecule has 7 heterocycles. The lowest BCUT2D eigenvalue weighted by Crippen LogP contribution is -2.36. The highest BCUT2D eigenvalue weighted by Crippen LogP contribution is 2.35. The minimum absolute atomic E-state index is 0.0414. The number of benzene rings is 2. The summed E-state index contributed by atoms with van der Waals surface area (Å²) in [6, 6.07) is 13.8. The van der Waals surface area contributed by atoms with Crippen LogP contribution in [0.2, 0.25) is 0 Å². The van der Waals surface area contributed by atoms with E-state index in [9.17, 15) is 14.7 Å². The lowest BCUT2D eigenvalue weighted by Gasteiger charge is -2.30. The van der Waals surface area contributed by atoms with Crippen LogP contribution in [0.3, 0.4) is 0 Å². The number of aryl methyl sites for hydroxylation is 2. The first-order valence-electron chi connectivity index (χ1n) is 14.0. The van der Waals surface area contributed by atoms with Gasteiger partial charge in [0.1, 0.15) is 17.0 Å². The van der Waals surface area contributed by atoms with Gasteiger partial charge in [0.15, 0.2) is 0 Å². The molecule has 9 rings (SSSR count). The normalized spacial score (nSPS) is 18.0. The van der Waals surface area contributed by atoms with Crippen LogP contribution < -0.4 is 4.74 Å². The summed E-state index contributed by atoms with van der Waals surface area (Å²) in [4.78, 5) is 31.5. The molecule has 0 aliphatic carbocycles. The molecule has 1 atom stereocenters. The van der Waals surface area contributed by atoms with Crippen molar-refractivity contribution >= 4 is 22.9 Å². The number of pyridine rings is 1. The van der Waals surface area contributed by atoms with Gasteiger partial charge in [-0.05, 0) is 78.6 Å². The van der Waals surface area contributed by atoms with Crippen molar-refractivity contribution < 1.29 is 19.4 Å². The van der Waals surface area contributed by atoms with Gasteiger partial charge in [0.2, 0.25) is 0 Å². The predicted octanol–water partition coefficient (Wildman–Crippen LogP) is 4.89. The molecule has 2 aromatic carbocycles. The Morgan fingerprint density at radius 1 is 1.05 bits per heavy atom. The Morgan fingerprint density at radius 3 is 2.75 bits per heavy atom. The fraction of sp³-hybridized carbons (Fsp3) is 0.387. The van der Waals surface area contributed by atoms with E-state index in [2.05, 4.69) is 27.4 Å². The molecule has 206 valence electrons. The molecular weight excluding hydrogens is 506 g/mol. The number of ether oxygens (including phenoxy) is 1. The third-order valence-electron chi connectivity index (χ3n) is 8.16. The first-order chi connectivity index (χ1) is 19.5. The Hall–Kier alpha value is -4.27. The quantitative estimate of drug-likeness (QED) is 0.386. The molecular formula is C31H33N5O4. The Labute approximate surface area is 232 Å². The highest BCUT2D eigenvalue weighted by Gasteiger charge is 2.26. The molecule has 5 aliphatic rings. The number of nitrogens with zero attached hydrogens (tertiary/aromatic N) is 5. The van der Waals surface area contributed by atoms with E-state index in [4.69, 9.17) is 4.74 Å². The molecule has 0 radical (unpaired) electrons. The number of hydrogen-bond acceptors (Lipinski definition) is 6. The maximum absolute atomic E-state index is 13.3. The highest BCUT2D eigenvalue weighted by atomic mass is 16.5. The van der Waals surface area contributed by atoms with Gasteiger partial charge < -0.3 is 14.7 Å². The number of amides is 1. The summed E-state index contributed by atoms with van der Waals surface area (Å²) in [5.74, 6) is -0.665. The first kappa shape index (κ1) is 26.0. The number of carboxylic acid groups (broad SMARTS) is 1. The molecule has 1 N–H and O–H groups in total. The van der Waals surface area contributed by atoms with Crippen molar-refractivity contribution in [3.63, 3.8) is 0 Å². The topological polar surface area (TPSA) is 110 Å². The number of carbonyl (C=O) groups is 2. The van der Waals surface area contributed by atoms with Crippen molar-refractivity contribution in [3.05, 3.63) is 82.2 Å². The first-order valence-corrected chi connectivity index (χ1v) is 14.0. The van der Waals surface area contributed by atoms with Crippen LogP contribution >= 0.6 is 0 Å². The van der Waals surface area contributed by atoms with Crippen LogP contribution in [0.4, 0.5) is 0 Å². The highest BCUT2D eigenvalue weighted by molar-refractivity contribution is 5.92. The van der Waals surface area contributed by atoms with Gasteiger partial charge >= 0.3 is 5.97 Å². The number of rotatable bonds is 2. The Morgan fingerprint density at radius 2 is 1.93 bits per heavy atom. The third-order valence-corrected chi connectivity index (χ3v) is 8.16. The van der Waals surface area contributed by atoms with Gasteiger partial charge in [0.05, 0.1) is 24.7 Å². The van der Waals surface area contributed by atoms with Gasteiger partial charge in [-0.2, -0.15) is 0 Å². The maximum Gasteiger partial charge on any atom is 0.304 e. The van der Waals surface area contributed by atoms with Crippen LogP contribution in [0.5, 0.6) is 5.75 Å². The molecule has 4 aromatic rings. The lowest BCUT2D eigenvalue weighted by molar-refractivity contribution is -0.137. The summed E-state index contributed by atoms with van der Waals surface area (Å²) < 4.78 is 7.80. The monoisotopic (exact) mass is 539 g/mol. The van der Waals surface area contributed by atoms with Crippen LogP contribution in [0.1, 0.15) is 76.3 Å². The maximum atomic E-state index is 13.3. The van der Waals surface area contributed by atoms with Crippen molar-refractivity contribution in [2.75, 3.05) is 13.2 Å². The SMILES string of the molecule is Cc1c2ccc3c1nnn3CCCCCCOc1ccc(nc1)C(=O)N1CCc3ccc(cc3C1)C2CC(=O)O. The number of carboxylic acids is 1. The predicted molar refractivity (Wildman–Crippen MR) is 149 cm³/mol. The Bertz CT molecular complexity index is 1560. The summed E-state index contributed by atoms with van der Waals surface area (Å²) in [6.07, 6.45) is 6.30. The molecule has 9 bridgehead atoms. The third kappa shape index (κ3) is 5.15. The largest absolute Gasteiger partial charge is 0.492 e. The average Bonchev–Trinajstić information content (AvgIpc) is 3.38.